The molecule has 13 rings (SSSR count). The van der Waals surface area contributed by atoms with Gasteiger partial charge in [0.2, 0.25) is 0 Å². The van der Waals surface area contributed by atoms with Crippen LogP contribution in [0.2, 0.25) is 0 Å². The minimum Gasteiger partial charge on any atom is -0.309 e. The van der Waals surface area contributed by atoms with E-state index in [1.54, 1.807) is 0 Å². The van der Waals surface area contributed by atoms with Gasteiger partial charge in [-0.2, -0.15) is 0 Å². The van der Waals surface area contributed by atoms with E-state index in [2.05, 4.69) is 196 Å². The van der Waals surface area contributed by atoms with Crippen LogP contribution in [0, 0.1) is 0 Å². The minimum atomic E-state index is -0.127. The first-order chi connectivity index (χ1) is 31.2. The number of benzene rings is 8. The Morgan fingerprint density at radius 3 is 1.62 bits per heavy atom. The zero-order valence-electron chi connectivity index (χ0n) is 36.5. The van der Waals surface area contributed by atoms with Crippen molar-refractivity contribution in [3.05, 3.63) is 215 Å². The average Bonchev–Trinajstić information content (AvgIpc) is 3.81. The lowest BCUT2D eigenvalue weighted by atomic mass is 9.80. The summed E-state index contributed by atoms with van der Waals surface area (Å²) in [6.07, 6.45) is 1.61. The van der Waals surface area contributed by atoms with E-state index in [9.17, 15) is 0 Å². The van der Waals surface area contributed by atoms with Crippen LogP contribution in [0.4, 0.5) is 0 Å². The molecule has 0 aliphatic heterocycles. The van der Waals surface area contributed by atoms with E-state index in [0.29, 0.717) is 11.6 Å². The van der Waals surface area contributed by atoms with Gasteiger partial charge >= 0.3 is 0 Å². The van der Waals surface area contributed by atoms with Gasteiger partial charge in [-0.3, -0.25) is 0 Å². The van der Waals surface area contributed by atoms with Crippen molar-refractivity contribution in [1.82, 2.24) is 19.5 Å². The Hall–Kier alpha value is -7.43. The monoisotopic (exact) mass is 822 g/mol. The predicted octanol–water partition coefficient (Wildman–Crippen LogP) is 14.5. The molecule has 1 unspecified atom stereocenters. The number of fused-ring (bicyclic) bond motifs is 12. The van der Waals surface area contributed by atoms with Gasteiger partial charge in [-0.15, -0.1) is 0 Å². The fourth-order valence-corrected chi connectivity index (χ4v) is 11.6. The van der Waals surface area contributed by atoms with Gasteiger partial charge in [0, 0.05) is 44.3 Å². The van der Waals surface area contributed by atoms with Gasteiger partial charge in [-0.05, 0) is 116 Å². The van der Waals surface area contributed by atoms with Gasteiger partial charge in [0.25, 0.3) is 0 Å². The first kappa shape index (κ1) is 37.2. The van der Waals surface area contributed by atoms with E-state index in [4.69, 9.17) is 15.0 Å². The molecule has 8 aromatic carbocycles. The number of para-hydroxylation sites is 1. The first-order valence-corrected chi connectivity index (χ1v) is 22.7. The molecular formula is C60H46N4. The largest absolute Gasteiger partial charge is 0.309 e. The van der Waals surface area contributed by atoms with Gasteiger partial charge in [-0.25, -0.2) is 15.0 Å². The molecule has 0 spiro atoms. The van der Waals surface area contributed by atoms with Crippen LogP contribution in [0.1, 0.15) is 72.8 Å². The second kappa shape index (κ2) is 13.5. The summed E-state index contributed by atoms with van der Waals surface area (Å²) in [6.45, 7) is 9.52. The highest BCUT2D eigenvalue weighted by Gasteiger charge is 2.39. The number of hydrogen-bond acceptors (Lipinski definition) is 3. The summed E-state index contributed by atoms with van der Waals surface area (Å²) in [5, 5.41) is 2.56. The summed E-state index contributed by atoms with van der Waals surface area (Å²) in [4.78, 5) is 15.7. The van der Waals surface area contributed by atoms with Gasteiger partial charge in [-0.1, -0.05) is 167 Å². The van der Waals surface area contributed by atoms with Crippen LogP contribution in [-0.2, 0) is 23.7 Å². The molecular weight excluding hydrogens is 777 g/mol. The highest BCUT2D eigenvalue weighted by atomic mass is 15.0. The molecule has 10 aromatic rings. The van der Waals surface area contributed by atoms with Gasteiger partial charge in [0.15, 0.2) is 11.6 Å². The van der Waals surface area contributed by atoms with Gasteiger partial charge < -0.3 is 4.57 Å². The lowest BCUT2D eigenvalue weighted by Gasteiger charge is -2.23. The summed E-state index contributed by atoms with van der Waals surface area (Å²) < 4.78 is 2.52. The van der Waals surface area contributed by atoms with Crippen LogP contribution < -0.4 is 0 Å². The maximum absolute atomic E-state index is 5.33. The Morgan fingerprint density at radius 2 is 0.953 bits per heavy atom. The topological polar surface area (TPSA) is 43.6 Å². The summed E-state index contributed by atoms with van der Waals surface area (Å²) in [6, 6.07) is 64.8. The third-order valence-corrected chi connectivity index (χ3v) is 14.8. The molecule has 1 atom stereocenters. The molecule has 0 amide bonds. The van der Waals surface area contributed by atoms with Crippen molar-refractivity contribution in [3.8, 4) is 61.8 Å². The molecule has 0 fully saturated rings. The normalized spacial score (nSPS) is 16.1. The molecule has 0 N–H and O–H groups in total. The van der Waals surface area contributed by atoms with Crippen LogP contribution in [0.5, 0.6) is 0 Å². The minimum absolute atomic E-state index is 0.0170. The lowest BCUT2D eigenvalue weighted by Crippen LogP contribution is -2.16. The molecule has 3 aliphatic carbocycles. The Bertz CT molecular complexity index is 3500. The molecule has 4 heteroatoms. The molecule has 2 aromatic heterocycles. The summed E-state index contributed by atoms with van der Waals surface area (Å²) in [5.41, 5.74) is 21.5. The molecule has 4 nitrogen and oxygen atoms in total. The van der Waals surface area contributed by atoms with Gasteiger partial charge in [0.1, 0.15) is 5.82 Å². The van der Waals surface area contributed by atoms with Crippen molar-refractivity contribution in [2.45, 2.75) is 57.3 Å². The Labute approximate surface area is 374 Å². The average molecular weight is 823 g/mol. The predicted molar refractivity (Wildman–Crippen MR) is 262 cm³/mol. The van der Waals surface area contributed by atoms with E-state index in [1.165, 1.54) is 94.3 Å². The SMILES string of the molecule is CC1(C)c2ccccc2-c2cc3c(cc21)CC(c1nc(-c2ccccc2)nc(-c2ccccc2)n1)Cc1ccc(-n2c4ccccc4c4cc5c(cc42)C(C)(C)c2ccccc2-5)cc1-3. The van der Waals surface area contributed by atoms with E-state index in [-0.39, 0.29) is 16.7 Å². The molecule has 0 radical (unpaired) electrons. The van der Waals surface area contributed by atoms with E-state index in [0.717, 1.165) is 29.8 Å². The van der Waals surface area contributed by atoms with Gasteiger partial charge in [0.05, 0.1) is 11.0 Å². The lowest BCUT2D eigenvalue weighted by molar-refractivity contribution is 0.632. The summed E-state index contributed by atoms with van der Waals surface area (Å²) >= 11 is 0. The molecule has 2 heterocycles. The zero-order valence-corrected chi connectivity index (χ0v) is 36.5. The van der Waals surface area contributed by atoms with Crippen LogP contribution in [-0.4, -0.2) is 19.5 Å². The van der Waals surface area contributed by atoms with Crippen molar-refractivity contribution in [2.24, 2.45) is 0 Å². The quantitative estimate of drug-likeness (QED) is 0.178. The van der Waals surface area contributed by atoms with Crippen LogP contribution in [0.25, 0.3) is 83.6 Å². The second-order valence-electron chi connectivity index (χ2n) is 19.2. The molecule has 3 aliphatic rings. The highest BCUT2D eigenvalue weighted by molar-refractivity contribution is 6.11. The Morgan fingerprint density at radius 1 is 0.406 bits per heavy atom. The molecule has 0 saturated carbocycles. The number of rotatable bonds is 4. The molecule has 0 saturated heterocycles. The third kappa shape index (κ3) is 5.38. The van der Waals surface area contributed by atoms with Crippen LogP contribution in [0.3, 0.4) is 0 Å². The fraction of sp³-hybridized carbons (Fsp3) is 0.150. The third-order valence-electron chi connectivity index (χ3n) is 14.8. The smallest absolute Gasteiger partial charge is 0.163 e. The number of hydrogen-bond donors (Lipinski definition) is 0. The van der Waals surface area contributed by atoms with Crippen LogP contribution in [0.15, 0.2) is 176 Å². The van der Waals surface area contributed by atoms with Crippen molar-refractivity contribution >= 4 is 21.8 Å². The first-order valence-electron chi connectivity index (χ1n) is 22.7. The van der Waals surface area contributed by atoms with Crippen molar-refractivity contribution in [3.63, 3.8) is 0 Å². The number of nitrogens with zero attached hydrogens (tertiary/aromatic N) is 4. The molecule has 64 heavy (non-hydrogen) atoms. The molecule has 306 valence electrons. The van der Waals surface area contributed by atoms with Crippen molar-refractivity contribution < 1.29 is 0 Å². The Balaban J connectivity index is 1.04. The van der Waals surface area contributed by atoms with E-state index >= 15 is 0 Å². The number of aromatic nitrogens is 4. The fourth-order valence-electron chi connectivity index (χ4n) is 11.6. The summed E-state index contributed by atoms with van der Waals surface area (Å²) in [7, 11) is 0. The standard InChI is InChI=1S/C60H46N4/c1-59(2)50-24-14-11-21-42(50)47-33-46-39(31-52(47)59)30-40(58-62-56(36-17-7-5-8-18-36)61-57(63-58)37-19-9-6-10-20-37)29-38-27-28-41(32-45(38)46)64-54-26-16-13-23-44(54)49-34-48-43-22-12-15-25-51(43)60(3,4)53(48)35-55(49)64/h5-28,31-35,40H,29-30H2,1-4H3. The zero-order chi connectivity index (χ0) is 42.9. The van der Waals surface area contributed by atoms with Crippen molar-refractivity contribution in [2.75, 3.05) is 0 Å². The van der Waals surface area contributed by atoms with E-state index < -0.39 is 0 Å². The van der Waals surface area contributed by atoms with Crippen molar-refractivity contribution in [1.29, 1.82) is 0 Å². The highest BCUT2D eigenvalue weighted by Crippen LogP contribution is 2.53. The summed E-state index contributed by atoms with van der Waals surface area (Å²) in [5.74, 6) is 2.26. The maximum Gasteiger partial charge on any atom is 0.163 e. The van der Waals surface area contributed by atoms with Crippen LogP contribution >= 0.6 is 0 Å². The maximum atomic E-state index is 5.33. The Kier molecular flexibility index (Phi) is 7.86. The second-order valence-corrected chi connectivity index (χ2v) is 19.2. The molecule has 0 bridgehead atoms. The van der Waals surface area contributed by atoms with E-state index in [1.807, 2.05) is 12.1 Å².